The number of fused-ring (bicyclic) bond motifs is 1. The number of hydrogen-bond donors (Lipinski definition) is 2. The molecule has 3 aliphatic rings. The van der Waals surface area contributed by atoms with E-state index in [1.807, 2.05) is 6.92 Å². The topological polar surface area (TPSA) is 95.6 Å². The normalized spacial score (nSPS) is 27.4. The largest absolute Gasteiger partial charge is 0.326 e. The highest BCUT2D eigenvalue weighted by atomic mass is 16.2. The second kappa shape index (κ2) is 6.48. The summed E-state index contributed by atoms with van der Waals surface area (Å²) in [5.74, 6) is -0.528. The van der Waals surface area contributed by atoms with E-state index in [0.29, 0.717) is 30.5 Å². The number of aryl methyl sites for hydroxylation is 1. The van der Waals surface area contributed by atoms with Crippen LogP contribution in [0.15, 0.2) is 18.2 Å². The molecule has 0 bridgehead atoms. The van der Waals surface area contributed by atoms with Gasteiger partial charge in [0.15, 0.2) is 5.78 Å². The van der Waals surface area contributed by atoms with Crippen molar-refractivity contribution in [1.82, 2.24) is 10.2 Å². The summed E-state index contributed by atoms with van der Waals surface area (Å²) in [5, 5.41) is 5.65. The van der Waals surface area contributed by atoms with Gasteiger partial charge in [0.1, 0.15) is 5.54 Å². The molecule has 27 heavy (non-hydrogen) atoms. The number of carbonyl (C=O) groups excluding carboxylic acids is 4. The van der Waals surface area contributed by atoms with Crippen LogP contribution in [0, 0.1) is 5.92 Å². The number of anilines is 1. The Morgan fingerprint density at radius 3 is 2.81 bits per heavy atom. The van der Waals surface area contributed by atoms with Crippen molar-refractivity contribution in [2.24, 2.45) is 5.92 Å². The van der Waals surface area contributed by atoms with Crippen LogP contribution in [0.1, 0.15) is 54.9 Å². The minimum absolute atomic E-state index is 0.0344. The second-order valence-corrected chi connectivity index (χ2v) is 7.78. The van der Waals surface area contributed by atoms with Crippen molar-refractivity contribution in [1.29, 1.82) is 0 Å². The summed E-state index contributed by atoms with van der Waals surface area (Å²) < 4.78 is 0. The van der Waals surface area contributed by atoms with Crippen LogP contribution >= 0.6 is 0 Å². The monoisotopic (exact) mass is 369 g/mol. The number of Topliss-reactive ketones (excluding diaryl/α,β-unsaturated/α-hetero) is 1. The Hall–Kier alpha value is -2.70. The van der Waals surface area contributed by atoms with E-state index in [4.69, 9.17) is 0 Å². The summed E-state index contributed by atoms with van der Waals surface area (Å²) in [6.45, 7) is 1.73. The summed E-state index contributed by atoms with van der Waals surface area (Å²) in [7, 11) is 0. The van der Waals surface area contributed by atoms with Crippen molar-refractivity contribution < 1.29 is 19.2 Å². The number of imide groups is 1. The number of ketones is 1. The van der Waals surface area contributed by atoms with Gasteiger partial charge in [0.25, 0.3) is 5.91 Å². The van der Waals surface area contributed by atoms with E-state index in [1.54, 1.807) is 18.2 Å². The van der Waals surface area contributed by atoms with Crippen LogP contribution in [0.3, 0.4) is 0 Å². The van der Waals surface area contributed by atoms with Crippen molar-refractivity contribution in [3.8, 4) is 0 Å². The van der Waals surface area contributed by atoms with Crippen LogP contribution in [0.4, 0.5) is 10.5 Å². The van der Waals surface area contributed by atoms with E-state index in [0.717, 1.165) is 29.7 Å². The fourth-order valence-electron chi connectivity index (χ4n) is 4.43. The molecule has 1 aromatic carbocycles. The second-order valence-electron chi connectivity index (χ2n) is 7.78. The number of urea groups is 1. The molecule has 0 aromatic heterocycles. The highest BCUT2D eigenvalue weighted by Gasteiger charge is 2.55. The van der Waals surface area contributed by atoms with Crippen LogP contribution in [-0.4, -0.2) is 40.6 Å². The lowest BCUT2D eigenvalue weighted by Crippen LogP contribution is -2.54. The highest BCUT2D eigenvalue weighted by Crippen LogP contribution is 2.38. The summed E-state index contributed by atoms with van der Waals surface area (Å²) in [6.07, 6.45) is 4.43. The summed E-state index contributed by atoms with van der Waals surface area (Å²) >= 11 is 0. The molecule has 1 spiro atoms. The Balaban J connectivity index is 1.52. The zero-order valence-corrected chi connectivity index (χ0v) is 15.3. The summed E-state index contributed by atoms with van der Waals surface area (Å²) in [6, 6.07) is 4.60. The highest BCUT2D eigenvalue weighted by molar-refractivity contribution is 6.11. The molecule has 2 aliphatic heterocycles. The first-order chi connectivity index (χ1) is 12.9. The third-order valence-electron chi connectivity index (χ3n) is 6.13. The zero-order valence-electron chi connectivity index (χ0n) is 15.3. The Morgan fingerprint density at radius 2 is 2.04 bits per heavy atom. The lowest BCUT2D eigenvalue weighted by Gasteiger charge is -2.36. The van der Waals surface area contributed by atoms with Gasteiger partial charge in [0, 0.05) is 17.7 Å². The predicted octanol–water partition coefficient (Wildman–Crippen LogP) is 2.25. The van der Waals surface area contributed by atoms with E-state index < -0.39 is 11.6 Å². The molecule has 1 saturated carbocycles. The number of benzene rings is 1. The molecule has 2 N–H and O–H groups in total. The number of rotatable bonds is 3. The van der Waals surface area contributed by atoms with Gasteiger partial charge in [-0.05, 0) is 48.9 Å². The van der Waals surface area contributed by atoms with Gasteiger partial charge in [-0.25, -0.2) is 4.79 Å². The SMILES string of the molecule is C[C@@H]1CCCC[C@@]12NC(=O)N(CC(=O)c1ccc3c(c1)CCC(=O)N3)C2=O. The first-order valence-electron chi connectivity index (χ1n) is 9.51. The van der Waals surface area contributed by atoms with Gasteiger partial charge >= 0.3 is 6.03 Å². The molecule has 1 aliphatic carbocycles. The number of nitrogens with zero attached hydrogens (tertiary/aromatic N) is 1. The van der Waals surface area contributed by atoms with E-state index in [-0.39, 0.29) is 30.1 Å². The van der Waals surface area contributed by atoms with Crippen molar-refractivity contribution in [2.45, 2.75) is 51.0 Å². The average Bonchev–Trinajstić information content (AvgIpc) is 2.88. The molecule has 142 valence electrons. The Morgan fingerprint density at radius 1 is 1.22 bits per heavy atom. The molecule has 0 unspecified atom stereocenters. The minimum Gasteiger partial charge on any atom is -0.326 e. The first-order valence-corrected chi connectivity index (χ1v) is 9.51. The molecule has 2 atom stereocenters. The molecule has 1 aromatic rings. The average molecular weight is 369 g/mol. The third kappa shape index (κ3) is 2.91. The maximum Gasteiger partial charge on any atom is 0.325 e. The van der Waals surface area contributed by atoms with Crippen LogP contribution in [0.25, 0.3) is 0 Å². The Kier molecular flexibility index (Phi) is 4.25. The molecule has 0 radical (unpaired) electrons. The fraction of sp³-hybridized carbons (Fsp3) is 0.500. The van der Waals surface area contributed by atoms with Gasteiger partial charge in [0.05, 0.1) is 6.54 Å². The summed E-state index contributed by atoms with van der Waals surface area (Å²) in [5.41, 5.74) is 1.21. The molecule has 4 rings (SSSR count). The van der Waals surface area contributed by atoms with Gasteiger partial charge in [0.2, 0.25) is 5.91 Å². The van der Waals surface area contributed by atoms with Gasteiger partial charge in [-0.15, -0.1) is 0 Å². The predicted molar refractivity (Wildman–Crippen MR) is 98.3 cm³/mol. The van der Waals surface area contributed by atoms with Gasteiger partial charge in [-0.1, -0.05) is 19.8 Å². The Labute approximate surface area is 157 Å². The minimum atomic E-state index is -0.851. The van der Waals surface area contributed by atoms with Crippen molar-refractivity contribution in [3.05, 3.63) is 29.3 Å². The lowest BCUT2D eigenvalue weighted by atomic mass is 9.73. The van der Waals surface area contributed by atoms with E-state index in [2.05, 4.69) is 10.6 Å². The van der Waals surface area contributed by atoms with Crippen molar-refractivity contribution in [2.75, 3.05) is 11.9 Å². The van der Waals surface area contributed by atoms with E-state index in [9.17, 15) is 19.2 Å². The quantitative estimate of drug-likeness (QED) is 0.631. The smallest absolute Gasteiger partial charge is 0.325 e. The zero-order chi connectivity index (χ0) is 19.2. The lowest BCUT2D eigenvalue weighted by molar-refractivity contribution is -0.133. The molecule has 4 amide bonds. The van der Waals surface area contributed by atoms with E-state index >= 15 is 0 Å². The van der Waals surface area contributed by atoms with Crippen LogP contribution in [0.5, 0.6) is 0 Å². The van der Waals surface area contributed by atoms with Crippen LogP contribution in [-0.2, 0) is 16.0 Å². The molecular formula is C20H23N3O4. The summed E-state index contributed by atoms with van der Waals surface area (Å²) in [4.78, 5) is 50.7. The third-order valence-corrected chi connectivity index (χ3v) is 6.13. The molecule has 1 saturated heterocycles. The van der Waals surface area contributed by atoms with Crippen molar-refractivity contribution >= 4 is 29.3 Å². The number of hydrogen-bond acceptors (Lipinski definition) is 4. The first kappa shape index (κ1) is 17.7. The maximum atomic E-state index is 13.0. The van der Waals surface area contributed by atoms with Gasteiger partial charge < -0.3 is 10.6 Å². The number of carbonyl (C=O) groups is 4. The number of amides is 4. The standard InChI is InChI=1S/C20H23N3O4/c1-12-4-2-3-9-20(12)18(26)23(19(27)22-20)11-16(24)14-5-7-15-13(10-14)6-8-17(25)21-15/h5,7,10,12H,2-4,6,8-9,11H2,1H3,(H,21,25)(H,22,27)/t12-,20-/m1/s1. The van der Waals surface area contributed by atoms with Crippen molar-refractivity contribution in [3.63, 3.8) is 0 Å². The van der Waals surface area contributed by atoms with E-state index in [1.165, 1.54) is 0 Å². The fourth-order valence-corrected chi connectivity index (χ4v) is 4.43. The van der Waals surface area contributed by atoms with Gasteiger partial charge in [-0.2, -0.15) is 0 Å². The van der Waals surface area contributed by atoms with Crippen LogP contribution in [0.2, 0.25) is 0 Å². The maximum absolute atomic E-state index is 13.0. The Bertz CT molecular complexity index is 850. The van der Waals surface area contributed by atoms with Gasteiger partial charge in [-0.3, -0.25) is 19.3 Å². The molecule has 2 fully saturated rings. The molecule has 7 nitrogen and oxygen atoms in total. The molecule has 7 heteroatoms. The molecular weight excluding hydrogens is 346 g/mol. The number of nitrogens with one attached hydrogen (secondary N) is 2. The molecule has 2 heterocycles. The van der Waals surface area contributed by atoms with Crippen LogP contribution < -0.4 is 10.6 Å².